The molecule has 4 nitrogen and oxygen atoms in total. The predicted octanol–water partition coefficient (Wildman–Crippen LogP) is 3.71. The minimum absolute atomic E-state index is 0.0286. The van der Waals surface area contributed by atoms with E-state index in [1.807, 2.05) is 24.3 Å². The van der Waals surface area contributed by atoms with E-state index in [1.165, 1.54) is 22.3 Å². The van der Waals surface area contributed by atoms with Crippen molar-refractivity contribution < 1.29 is 9.90 Å². The third kappa shape index (κ3) is 5.00. The van der Waals surface area contributed by atoms with Crippen LogP contribution in [0.3, 0.4) is 0 Å². The molecule has 1 heterocycles. The molecular formula is C24H32N2O2. The van der Waals surface area contributed by atoms with Gasteiger partial charge in [-0.1, -0.05) is 24.3 Å². The molecule has 150 valence electrons. The van der Waals surface area contributed by atoms with Crippen LogP contribution in [0.25, 0.3) is 11.1 Å². The predicted molar refractivity (Wildman–Crippen MR) is 115 cm³/mol. The van der Waals surface area contributed by atoms with Gasteiger partial charge in [0, 0.05) is 31.8 Å². The molecule has 4 heteroatoms. The van der Waals surface area contributed by atoms with Crippen molar-refractivity contribution in [3.63, 3.8) is 0 Å². The van der Waals surface area contributed by atoms with Crippen molar-refractivity contribution in [3.8, 4) is 11.1 Å². The smallest absolute Gasteiger partial charge is 0.251 e. The summed E-state index contributed by atoms with van der Waals surface area (Å²) < 4.78 is 0. The van der Waals surface area contributed by atoms with Crippen LogP contribution < -0.4 is 5.32 Å². The van der Waals surface area contributed by atoms with Crippen molar-refractivity contribution in [2.24, 2.45) is 5.92 Å². The maximum Gasteiger partial charge on any atom is 0.251 e. The van der Waals surface area contributed by atoms with Gasteiger partial charge >= 0.3 is 0 Å². The number of nitrogens with one attached hydrogen (secondary N) is 1. The number of aliphatic hydroxyl groups is 1. The number of aliphatic hydroxyl groups excluding tert-OH is 1. The molecule has 2 N–H and O–H groups in total. The van der Waals surface area contributed by atoms with Gasteiger partial charge in [-0.2, -0.15) is 0 Å². The van der Waals surface area contributed by atoms with Crippen LogP contribution in [0.15, 0.2) is 36.4 Å². The van der Waals surface area contributed by atoms with E-state index >= 15 is 0 Å². The second-order valence-electron chi connectivity index (χ2n) is 8.08. The minimum atomic E-state index is -0.0286. The van der Waals surface area contributed by atoms with E-state index in [2.05, 4.69) is 43.1 Å². The third-order valence-electron chi connectivity index (χ3n) is 5.87. The van der Waals surface area contributed by atoms with E-state index in [1.54, 1.807) is 0 Å². The molecule has 2 aromatic carbocycles. The van der Waals surface area contributed by atoms with Gasteiger partial charge in [0.2, 0.25) is 0 Å². The topological polar surface area (TPSA) is 52.6 Å². The maximum absolute atomic E-state index is 12.5. The average molecular weight is 381 g/mol. The fourth-order valence-corrected chi connectivity index (χ4v) is 4.01. The molecule has 0 aromatic heterocycles. The van der Waals surface area contributed by atoms with Gasteiger partial charge in [0.15, 0.2) is 0 Å². The highest BCUT2D eigenvalue weighted by Gasteiger charge is 2.18. The number of hydrogen-bond acceptors (Lipinski definition) is 3. The van der Waals surface area contributed by atoms with Gasteiger partial charge in [-0.15, -0.1) is 0 Å². The minimum Gasteiger partial charge on any atom is -0.396 e. The normalized spacial score (nSPS) is 17.5. The summed E-state index contributed by atoms with van der Waals surface area (Å²) in [6.07, 6.45) is 2.23. The van der Waals surface area contributed by atoms with Crippen molar-refractivity contribution >= 4 is 5.91 Å². The number of likely N-dealkylation sites (tertiary alicyclic amines) is 1. The number of aryl methyl sites for hydroxylation is 3. The molecular weight excluding hydrogens is 348 g/mol. The second kappa shape index (κ2) is 9.35. The van der Waals surface area contributed by atoms with Crippen LogP contribution in [-0.2, 0) is 0 Å². The van der Waals surface area contributed by atoms with Crippen molar-refractivity contribution in [3.05, 3.63) is 58.7 Å². The van der Waals surface area contributed by atoms with Gasteiger partial charge in [0.25, 0.3) is 5.91 Å². The van der Waals surface area contributed by atoms with E-state index in [9.17, 15) is 9.90 Å². The number of benzene rings is 2. The second-order valence-corrected chi connectivity index (χ2v) is 8.08. The molecule has 0 bridgehead atoms. The molecule has 1 aliphatic heterocycles. The molecule has 0 aliphatic carbocycles. The summed E-state index contributed by atoms with van der Waals surface area (Å²) in [6, 6.07) is 12.3. The number of hydrogen-bond donors (Lipinski definition) is 2. The molecule has 1 unspecified atom stereocenters. The first-order valence-electron chi connectivity index (χ1n) is 10.3. The van der Waals surface area contributed by atoms with Gasteiger partial charge in [-0.25, -0.2) is 0 Å². The summed E-state index contributed by atoms with van der Waals surface area (Å²) in [6.45, 7) is 10.1. The van der Waals surface area contributed by atoms with E-state index in [4.69, 9.17) is 0 Å². The summed E-state index contributed by atoms with van der Waals surface area (Å²) in [5.41, 5.74) is 6.89. The van der Waals surface area contributed by atoms with E-state index in [0.717, 1.165) is 38.0 Å². The van der Waals surface area contributed by atoms with Crippen molar-refractivity contribution in [2.75, 3.05) is 32.8 Å². The Hall–Kier alpha value is -2.17. The highest BCUT2D eigenvalue weighted by atomic mass is 16.3. The lowest BCUT2D eigenvalue weighted by atomic mass is 9.95. The molecule has 0 saturated carbocycles. The molecule has 1 saturated heterocycles. The van der Waals surface area contributed by atoms with Crippen LogP contribution in [-0.4, -0.2) is 48.7 Å². The first kappa shape index (κ1) is 20.6. The zero-order valence-electron chi connectivity index (χ0n) is 17.3. The third-order valence-corrected chi connectivity index (χ3v) is 5.87. The summed E-state index contributed by atoms with van der Waals surface area (Å²) in [5.74, 6) is 0.352. The standard InChI is InChI=1S/C24H32N2O2/c1-17-13-19(3)23(14-18(17)2)21-6-8-22(9-7-21)24(28)25-10-12-26-11-4-5-20(15-26)16-27/h6-9,13-14,20,27H,4-5,10-12,15-16H2,1-3H3,(H,25,28). The van der Waals surface area contributed by atoms with Crippen LogP contribution in [0, 0.1) is 26.7 Å². The number of piperidine rings is 1. The number of amides is 1. The van der Waals surface area contributed by atoms with Crippen LogP contribution in [0.5, 0.6) is 0 Å². The Labute approximate surface area is 168 Å². The zero-order chi connectivity index (χ0) is 20.1. The number of nitrogens with zero attached hydrogens (tertiary/aromatic N) is 1. The Bertz CT molecular complexity index is 814. The summed E-state index contributed by atoms with van der Waals surface area (Å²) in [7, 11) is 0. The van der Waals surface area contributed by atoms with Crippen LogP contribution >= 0.6 is 0 Å². The van der Waals surface area contributed by atoms with Gasteiger partial charge < -0.3 is 15.3 Å². The molecule has 1 atom stereocenters. The highest BCUT2D eigenvalue weighted by molar-refractivity contribution is 5.94. The lowest BCUT2D eigenvalue weighted by molar-refractivity contribution is 0.0930. The molecule has 2 aromatic rings. The van der Waals surface area contributed by atoms with E-state index in [-0.39, 0.29) is 12.5 Å². The van der Waals surface area contributed by atoms with E-state index < -0.39 is 0 Å². The monoisotopic (exact) mass is 380 g/mol. The molecule has 0 spiro atoms. The SMILES string of the molecule is Cc1cc(C)c(-c2ccc(C(=O)NCCN3CCCC(CO)C3)cc2)cc1C. The number of rotatable bonds is 6. The Balaban J connectivity index is 1.56. The Morgan fingerprint density at radius 2 is 1.82 bits per heavy atom. The fraction of sp³-hybridized carbons (Fsp3) is 0.458. The first-order chi connectivity index (χ1) is 13.5. The Morgan fingerprint density at radius 1 is 1.11 bits per heavy atom. The fourth-order valence-electron chi connectivity index (χ4n) is 4.01. The van der Waals surface area contributed by atoms with E-state index in [0.29, 0.717) is 18.0 Å². The highest BCUT2D eigenvalue weighted by Crippen LogP contribution is 2.26. The van der Waals surface area contributed by atoms with Crippen molar-refractivity contribution in [1.82, 2.24) is 10.2 Å². The van der Waals surface area contributed by atoms with Gasteiger partial charge in [0.05, 0.1) is 0 Å². The Morgan fingerprint density at radius 3 is 2.54 bits per heavy atom. The molecule has 28 heavy (non-hydrogen) atoms. The maximum atomic E-state index is 12.5. The number of carbonyl (C=O) groups is 1. The van der Waals surface area contributed by atoms with Gasteiger partial charge in [-0.3, -0.25) is 4.79 Å². The Kier molecular flexibility index (Phi) is 6.87. The summed E-state index contributed by atoms with van der Waals surface area (Å²) >= 11 is 0. The lowest BCUT2D eigenvalue weighted by Crippen LogP contribution is -2.41. The molecule has 1 fully saturated rings. The van der Waals surface area contributed by atoms with Crippen LogP contribution in [0.1, 0.15) is 39.9 Å². The molecule has 1 aliphatic rings. The molecule has 0 radical (unpaired) electrons. The van der Waals surface area contributed by atoms with Gasteiger partial charge in [0.1, 0.15) is 0 Å². The van der Waals surface area contributed by atoms with Crippen LogP contribution in [0.4, 0.5) is 0 Å². The first-order valence-corrected chi connectivity index (χ1v) is 10.3. The van der Waals surface area contributed by atoms with Crippen molar-refractivity contribution in [1.29, 1.82) is 0 Å². The number of carbonyl (C=O) groups excluding carboxylic acids is 1. The average Bonchev–Trinajstić information content (AvgIpc) is 2.71. The molecule has 1 amide bonds. The zero-order valence-corrected chi connectivity index (χ0v) is 17.3. The quantitative estimate of drug-likeness (QED) is 0.803. The van der Waals surface area contributed by atoms with Crippen molar-refractivity contribution in [2.45, 2.75) is 33.6 Å². The van der Waals surface area contributed by atoms with Gasteiger partial charge in [-0.05, 0) is 86.0 Å². The van der Waals surface area contributed by atoms with Crippen LogP contribution in [0.2, 0.25) is 0 Å². The summed E-state index contributed by atoms with van der Waals surface area (Å²) in [4.78, 5) is 14.8. The lowest BCUT2D eigenvalue weighted by Gasteiger charge is -2.31. The largest absolute Gasteiger partial charge is 0.396 e. The molecule has 3 rings (SSSR count). The summed E-state index contributed by atoms with van der Waals surface area (Å²) in [5, 5.41) is 12.3.